The number of nitrogens with one attached hydrogen (secondary N) is 1. The average Bonchev–Trinajstić information content (AvgIpc) is 2.74. The number of methoxy groups -OCH3 is 1. The molecule has 0 spiro atoms. The number of hydrogen-bond donors (Lipinski definition) is 1. The van der Waals surface area contributed by atoms with E-state index in [2.05, 4.69) is 15.5 Å². The van der Waals surface area contributed by atoms with Crippen molar-refractivity contribution in [2.75, 3.05) is 12.5 Å². The molecule has 3 rings (SSSR count). The highest BCUT2D eigenvalue weighted by atomic mass is 19.1. The molecule has 0 aliphatic heterocycles. The second-order valence-corrected chi connectivity index (χ2v) is 5.82. The molecule has 2 aromatic carbocycles. The Kier molecular flexibility index (Phi) is 6.31. The van der Waals surface area contributed by atoms with E-state index in [1.807, 2.05) is 0 Å². The molecule has 0 saturated heterocycles. The van der Waals surface area contributed by atoms with Crippen LogP contribution in [0.1, 0.15) is 11.1 Å². The van der Waals surface area contributed by atoms with E-state index >= 15 is 0 Å². The van der Waals surface area contributed by atoms with Gasteiger partial charge in [0, 0.05) is 11.6 Å². The van der Waals surface area contributed by atoms with Crippen molar-refractivity contribution in [3.05, 3.63) is 87.9 Å². The second-order valence-electron chi connectivity index (χ2n) is 5.82. The van der Waals surface area contributed by atoms with Crippen molar-refractivity contribution in [3.63, 3.8) is 0 Å². The number of pyridine rings is 1. The molecule has 9 heteroatoms. The molecule has 0 aliphatic rings. The lowest BCUT2D eigenvalue weighted by Crippen LogP contribution is -2.00. The second kappa shape index (κ2) is 9.27. The predicted octanol–water partition coefficient (Wildman–Crippen LogP) is 4.16. The molecule has 0 saturated carbocycles. The Morgan fingerprint density at radius 1 is 1.21 bits per heavy atom. The third-order valence-corrected chi connectivity index (χ3v) is 3.88. The maximum atomic E-state index is 13.7. The molecule has 8 nitrogen and oxygen atoms in total. The van der Waals surface area contributed by atoms with Crippen molar-refractivity contribution in [1.82, 2.24) is 4.98 Å². The number of nitrogens with zero attached hydrogens (tertiary/aromatic N) is 3. The van der Waals surface area contributed by atoms with Gasteiger partial charge in [0.15, 0.2) is 11.5 Å². The highest BCUT2D eigenvalue weighted by Gasteiger charge is 2.08. The summed E-state index contributed by atoms with van der Waals surface area (Å²) in [6, 6.07) is 14.3. The first-order valence-corrected chi connectivity index (χ1v) is 8.50. The van der Waals surface area contributed by atoms with E-state index in [0.29, 0.717) is 22.9 Å². The summed E-state index contributed by atoms with van der Waals surface area (Å²) in [6.07, 6.45) is 2.68. The van der Waals surface area contributed by atoms with Gasteiger partial charge in [0.05, 0.1) is 18.2 Å². The lowest BCUT2D eigenvalue weighted by molar-refractivity contribution is -0.385. The summed E-state index contributed by atoms with van der Waals surface area (Å²) in [6.45, 7) is 0.0733. The van der Waals surface area contributed by atoms with Crippen LogP contribution in [0, 0.1) is 15.9 Å². The molecule has 1 N–H and O–H groups in total. The van der Waals surface area contributed by atoms with Crippen molar-refractivity contribution in [1.29, 1.82) is 0 Å². The highest BCUT2D eigenvalue weighted by molar-refractivity contribution is 5.81. The lowest BCUT2D eigenvalue weighted by atomic mass is 10.2. The summed E-state index contributed by atoms with van der Waals surface area (Å²) in [5.74, 6) is 0.974. The van der Waals surface area contributed by atoms with Gasteiger partial charge in [-0.1, -0.05) is 18.2 Å². The minimum atomic E-state index is -0.526. The number of halogens is 1. The quantitative estimate of drug-likeness (QED) is 0.349. The fraction of sp³-hybridized carbons (Fsp3) is 0.100. The molecule has 1 aromatic heterocycles. The van der Waals surface area contributed by atoms with E-state index in [1.165, 1.54) is 31.5 Å². The van der Waals surface area contributed by atoms with E-state index in [1.54, 1.807) is 36.4 Å². The first kappa shape index (κ1) is 19.7. The molecular formula is C20H17FN4O4. The van der Waals surface area contributed by atoms with E-state index < -0.39 is 4.92 Å². The van der Waals surface area contributed by atoms with Crippen molar-refractivity contribution < 1.29 is 18.8 Å². The van der Waals surface area contributed by atoms with Gasteiger partial charge in [-0.05, 0) is 35.9 Å². The minimum Gasteiger partial charge on any atom is -0.493 e. The van der Waals surface area contributed by atoms with Gasteiger partial charge in [0.1, 0.15) is 24.4 Å². The summed E-state index contributed by atoms with van der Waals surface area (Å²) < 4.78 is 24.7. The van der Waals surface area contributed by atoms with Gasteiger partial charge in [-0.2, -0.15) is 5.10 Å². The largest absolute Gasteiger partial charge is 0.493 e. The van der Waals surface area contributed by atoms with Crippen LogP contribution in [0.4, 0.5) is 15.9 Å². The van der Waals surface area contributed by atoms with Crippen LogP contribution in [0.25, 0.3) is 0 Å². The van der Waals surface area contributed by atoms with Crippen molar-refractivity contribution >= 4 is 17.7 Å². The summed E-state index contributed by atoms with van der Waals surface area (Å²) in [5, 5.41) is 14.7. The van der Waals surface area contributed by atoms with E-state index in [-0.39, 0.29) is 18.1 Å². The molecule has 0 unspecified atom stereocenters. The maximum Gasteiger partial charge on any atom is 0.287 e. The summed E-state index contributed by atoms with van der Waals surface area (Å²) in [7, 11) is 1.51. The lowest BCUT2D eigenvalue weighted by Gasteiger charge is -2.11. The van der Waals surface area contributed by atoms with Gasteiger partial charge in [0.2, 0.25) is 0 Å². The molecule has 0 fully saturated rings. The van der Waals surface area contributed by atoms with Gasteiger partial charge < -0.3 is 9.47 Å². The molecular weight excluding hydrogens is 379 g/mol. The number of aromatic nitrogens is 1. The number of rotatable bonds is 8. The minimum absolute atomic E-state index is 0.0733. The summed E-state index contributed by atoms with van der Waals surface area (Å²) in [4.78, 5) is 14.0. The third-order valence-electron chi connectivity index (χ3n) is 3.88. The fourth-order valence-electron chi connectivity index (χ4n) is 2.39. The van der Waals surface area contributed by atoms with Gasteiger partial charge in [-0.25, -0.2) is 9.37 Å². The Morgan fingerprint density at radius 2 is 2.03 bits per heavy atom. The highest BCUT2D eigenvalue weighted by Crippen LogP contribution is 2.28. The van der Waals surface area contributed by atoms with Gasteiger partial charge in [-0.15, -0.1) is 0 Å². The van der Waals surface area contributed by atoms with Crippen LogP contribution >= 0.6 is 0 Å². The average molecular weight is 396 g/mol. The van der Waals surface area contributed by atoms with Crippen LogP contribution in [0.5, 0.6) is 11.5 Å². The molecule has 0 radical (unpaired) electrons. The first-order chi connectivity index (χ1) is 14.1. The van der Waals surface area contributed by atoms with E-state index in [9.17, 15) is 14.5 Å². The number of benzene rings is 2. The van der Waals surface area contributed by atoms with Crippen LogP contribution in [0.15, 0.2) is 65.9 Å². The van der Waals surface area contributed by atoms with Crippen molar-refractivity contribution in [3.8, 4) is 11.5 Å². The summed E-state index contributed by atoms with van der Waals surface area (Å²) in [5.41, 5.74) is 3.75. The zero-order valence-electron chi connectivity index (χ0n) is 15.4. The monoisotopic (exact) mass is 396 g/mol. The maximum absolute atomic E-state index is 13.7. The van der Waals surface area contributed by atoms with Crippen molar-refractivity contribution in [2.45, 2.75) is 6.61 Å². The first-order valence-electron chi connectivity index (χ1n) is 8.50. The Bertz CT molecular complexity index is 1030. The Balaban J connectivity index is 1.64. The Morgan fingerprint density at radius 3 is 2.72 bits per heavy atom. The molecule has 1 heterocycles. The smallest absolute Gasteiger partial charge is 0.287 e. The van der Waals surface area contributed by atoms with Crippen LogP contribution in [-0.2, 0) is 6.61 Å². The number of hydrogen-bond acceptors (Lipinski definition) is 7. The molecule has 29 heavy (non-hydrogen) atoms. The molecule has 148 valence electrons. The van der Waals surface area contributed by atoms with Gasteiger partial charge in [0.25, 0.3) is 5.69 Å². The number of hydrazone groups is 1. The zero-order valence-corrected chi connectivity index (χ0v) is 15.4. The molecule has 0 atom stereocenters. The normalized spacial score (nSPS) is 10.7. The standard InChI is InChI=1S/C20H17FN4O4/c1-28-19-10-14(11-23-24-20-9-7-16(12-22-20)25(26)27)6-8-18(19)29-13-15-4-2-3-5-17(15)21/h2-12H,13H2,1H3,(H,22,24)/b23-11+. The Labute approximate surface area is 165 Å². The van der Waals surface area contributed by atoms with Crippen LogP contribution < -0.4 is 14.9 Å². The fourth-order valence-corrected chi connectivity index (χ4v) is 2.39. The molecule has 3 aromatic rings. The van der Waals surface area contributed by atoms with E-state index in [4.69, 9.17) is 9.47 Å². The Hall–Kier alpha value is -4.01. The van der Waals surface area contributed by atoms with Crippen molar-refractivity contribution in [2.24, 2.45) is 5.10 Å². The zero-order chi connectivity index (χ0) is 20.6. The predicted molar refractivity (Wildman–Crippen MR) is 106 cm³/mol. The van der Waals surface area contributed by atoms with E-state index in [0.717, 1.165) is 11.8 Å². The van der Waals surface area contributed by atoms with Crippen LogP contribution in [0.3, 0.4) is 0 Å². The molecule has 0 aliphatic carbocycles. The summed E-state index contributed by atoms with van der Waals surface area (Å²) >= 11 is 0. The van der Waals surface area contributed by atoms with Crippen LogP contribution in [-0.4, -0.2) is 23.2 Å². The number of ether oxygens (including phenoxy) is 2. The topological polar surface area (TPSA) is 98.9 Å². The molecule has 0 amide bonds. The number of anilines is 1. The van der Waals surface area contributed by atoms with Gasteiger partial charge in [-0.3, -0.25) is 15.5 Å². The third kappa shape index (κ3) is 5.25. The molecule has 0 bridgehead atoms. The van der Waals surface area contributed by atoms with Crippen LogP contribution in [0.2, 0.25) is 0 Å². The van der Waals surface area contributed by atoms with Gasteiger partial charge >= 0.3 is 0 Å². The number of nitro groups is 1. The SMILES string of the molecule is COc1cc(/C=N/Nc2ccc([N+](=O)[O-])cn2)ccc1OCc1ccccc1F.